The molecule has 0 radical (unpaired) electrons. The second kappa shape index (κ2) is 7.24. The fourth-order valence-electron chi connectivity index (χ4n) is 2.37. The summed E-state index contributed by atoms with van der Waals surface area (Å²) in [5.41, 5.74) is 5.76. The van der Waals surface area contributed by atoms with Crippen LogP contribution in [0.3, 0.4) is 0 Å². The molecule has 1 unspecified atom stereocenters. The molecule has 2 amide bonds. The summed E-state index contributed by atoms with van der Waals surface area (Å²) in [4.78, 5) is 28.3. The van der Waals surface area contributed by atoms with Gasteiger partial charge in [0.25, 0.3) is 5.91 Å². The van der Waals surface area contributed by atoms with Gasteiger partial charge in [-0.15, -0.1) is 23.7 Å². The minimum atomic E-state index is -0.103. The third-order valence-corrected chi connectivity index (χ3v) is 4.71. The zero-order valence-corrected chi connectivity index (χ0v) is 14.0. The molecule has 1 fully saturated rings. The number of nitrogens with two attached hydrogens (primary N) is 1. The minimum absolute atomic E-state index is 0. The largest absolute Gasteiger partial charge is 0.341 e. The van der Waals surface area contributed by atoms with Crippen molar-refractivity contribution >= 4 is 35.6 Å². The van der Waals surface area contributed by atoms with Crippen molar-refractivity contribution in [3.8, 4) is 0 Å². The Kier molecular flexibility index (Phi) is 6.19. The van der Waals surface area contributed by atoms with Crippen LogP contribution in [0.1, 0.15) is 23.0 Å². The zero-order chi connectivity index (χ0) is 14.8. The number of carbonyl (C=O) groups is 2. The maximum atomic E-state index is 12.2. The van der Waals surface area contributed by atoms with Crippen molar-refractivity contribution < 1.29 is 9.59 Å². The van der Waals surface area contributed by atoms with Crippen LogP contribution in [0.25, 0.3) is 0 Å². The lowest BCUT2D eigenvalue weighted by Gasteiger charge is -2.24. The van der Waals surface area contributed by atoms with Crippen molar-refractivity contribution in [2.45, 2.75) is 13.3 Å². The number of amides is 2. The Hall–Kier alpha value is -1.11. The van der Waals surface area contributed by atoms with E-state index in [9.17, 15) is 9.59 Å². The Labute approximate surface area is 135 Å². The van der Waals surface area contributed by atoms with E-state index in [-0.39, 0.29) is 36.2 Å². The fourth-order valence-corrected chi connectivity index (χ4v) is 3.08. The number of hydrogen-bond acceptors (Lipinski definition) is 4. The molecule has 0 aromatic carbocycles. The molecule has 1 aliphatic rings. The highest BCUT2D eigenvalue weighted by molar-refractivity contribution is 7.12. The van der Waals surface area contributed by atoms with Crippen molar-refractivity contribution in [3.05, 3.63) is 22.4 Å². The molecule has 118 valence electrons. The van der Waals surface area contributed by atoms with Gasteiger partial charge in [0.2, 0.25) is 5.91 Å². The van der Waals surface area contributed by atoms with E-state index in [1.807, 2.05) is 16.3 Å². The second-order valence-electron chi connectivity index (χ2n) is 5.72. The van der Waals surface area contributed by atoms with Gasteiger partial charge in [-0.2, -0.15) is 0 Å². The van der Waals surface area contributed by atoms with E-state index >= 15 is 0 Å². The predicted molar refractivity (Wildman–Crippen MR) is 86.9 cm³/mol. The molecule has 1 aromatic rings. The minimum Gasteiger partial charge on any atom is -0.341 e. The molecule has 5 nitrogen and oxygen atoms in total. The second-order valence-corrected chi connectivity index (χ2v) is 6.67. The first kappa shape index (κ1) is 17.9. The zero-order valence-electron chi connectivity index (χ0n) is 12.4. The summed E-state index contributed by atoms with van der Waals surface area (Å²) < 4.78 is 0. The van der Waals surface area contributed by atoms with Crippen molar-refractivity contribution in [3.63, 3.8) is 0 Å². The highest BCUT2D eigenvalue weighted by atomic mass is 35.5. The summed E-state index contributed by atoms with van der Waals surface area (Å²) >= 11 is 1.39. The Balaban J connectivity index is 0.00000220. The lowest BCUT2D eigenvalue weighted by Crippen LogP contribution is -2.41. The number of thiophene rings is 1. The molecule has 2 heterocycles. The summed E-state index contributed by atoms with van der Waals surface area (Å²) in [5, 5.41) is 1.86. The molecule has 0 bridgehead atoms. The molecular weight excluding hydrogens is 310 g/mol. The molecular formula is C14H22ClN3O2S. The normalized spacial score (nSPS) is 21.0. The van der Waals surface area contributed by atoms with Gasteiger partial charge in [0.15, 0.2) is 0 Å². The number of carbonyl (C=O) groups excluding carboxylic acids is 2. The molecule has 1 atom stereocenters. The van der Waals surface area contributed by atoms with Gasteiger partial charge in [-0.25, -0.2) is 0 Å². The lowest BCUT2D eigenvalue weighted by atomic mass is 9.90. The van der Waals surface area contributed by atoms with Gasteiger partial charge in [0.05, 0.1) is 11.4 Å². The Bertz CT molecular complexity index is 494. The van der Waals surface area contributed by atoms with Crippen LogP contribution in [0, 0.1) is 5.41 Å². The van der Waals surface area contributed by atoms with Crippen molar-refractivity contribution in [1.29, 1.82) is 0 Å². The van der Waals surface area contributed by atoms with Gasteiger partial charge in [-0.1, -0.05) is 13.0 Å². The number of likely N-dealkylation sites (tertiary alicyclic amines) is 1. The van der Waals surface area contributed by atoms with Gasteiger partial charge >= 0.3 is 0 Å². The molecule has 21 heavy (non-hydrogen) atoms. The summed E-state index contributed by atoms with van der Waals surface area (Å²) in [6.07, 6.45) is 0.928. The topological polar surface area (TPSA) is 66.6 Å². The molecule has 0 spiro atoms. The van der Waals surface area contributed by atoms with Crippen LogP contribution in [-0.4, -0.2) is 54.8 Å². The van der Waals surface area contributed by atoms with Crippen LogP contribution in [0.2, 0.25) is 0 Å². The maximum absolute atomic E-state index is 12.2. The number of likely N-dealkylation sites (N-methyl/N-ethyl adjacent to an activating group) is 1. The first-order valence-corrected chi connectivity index (χ1v) is 7.60. The van der Waals surface area contributed by atoms with Crippen molar-refractivity contribution in [2.75, 3.05) is 33.2 Å². The average molecular weight is 332 g/mol. The highest BCUT2D eigenvalue weighted by Gasteiger charge is 2.35. The van der Waals surface area contributed by atoms with E-state index in [0.717, 1.165) is 13.0 Å². The quantitative estimate of drug-likeness (QED) is 0.907. The standard InChI is InChI=1S/C14H21N3O2S.ClH/c1-14(9-15)5-6-17(10-14)12(18)8-16(2)13(19)11-4-3-7-20-11;/h3-4,7H,5-6,8-10,15H2,1-2H3;1H. The van der Waals surface area contributed by atoms with Crippen LogP contribution >= 0.6 is 23.7 Å². The molecule has 1 aliphatic heterocycles. The van der Waals surface area contributed by atoms with E-state index in [1.165, 1.54) is 16.2 Å². The lowest BCUT2D eigenvalue weighted by molar-refractivity contribution is -0.131. The van der Waals surface area contributed by atoms with E-state index in [4.69, 9.17) is 5.73 Å². The summed E-state index contributed by atoms with van der Waals surface area (Å²) in [6, 6.07) is 3.61. The predicted octanol–water partition coefficient (Wildman–Crippen LogP) is 1.44. The number of hydrogen-bond donors (Lipinski definition) is 1. The van der Waals surface area contributed by atoms with Crippen LogP contribution in [0.4, 0.5) is 0 Å². The van der Waals surface area contributed by atoms with Crippen LogP contribution in [0.5, 0.6) is 0 Å². The highest BCUT2D eigenvalue weighted by Crippen LogP contribution is 2.28. The van der Waals surface area contributed by atoms with Crippen LogP contribution in [0.15, 0.2) is 17.5 Å². The SMILES string of the molecule is CN(CC(=O)N1CCC(C)(CN)C1)C(=O)c1cccs1.Cl. The molecule has 1 aromatic heterocycles. The molecule has 0 saturated carbocycles. The van der Waals surface area contributed by atoms with Crippen LogP contribution in [-0.2, 0) is 4.79 Å². The Morgan fingerprint density at radius 1 is 1.52 bits per heavy atom. The molecule has 2 rings (SSSR count). The van der Waals surface area contributed by atoms with E-state index in [0.29, 0.717) is 18.0 Å². The third kappa shape index (κ3) is 4.18. The summed E-state index contributed by atoms with van der Waals surface area (Å²) in [6.45, 7) is 4.22. The monoisotopic (exact) mass is 331 g/mol. The molecule has 1 saturated heterocycles. The van der Waals surface area contributed by atoms with Crippen molar-refractivity contribution in [1.82, 2.24) is 9.80 Å². The van der Waals surface area contributed by atoms with Crippen molar-refractivity contribution in [2.24, 2.45) is 11.1 Å². The van der Waals surface area contributed by atoms with Gasteiger partial charge in [-0.05, 0) is 29.8 Å². The fraction of sp³-hybridized carbons (Fsp3) is 0.571. The van der Waals surface area contributed by atoms with Gasteiger partial charge in [-0.3, -0.25) is 9.59 Å². The molecule has 0 aliphatic carbocycles. The Morgan fingerprint density at radius 3 is 2.76 bits per heavy atom. The number of nitrogens with zero attached hydrogens (tertiary/aromatic N) is 2. The number of halogens is 1. The van der Waals surface area contributed by atoms with Gasteiger partial charge < -0.3 is 15.5 Å². The van der Waals surface area contributed by atoms with Gasteiger partial charge in [0.1, 0.15) is 0 Å². The summed E-state index contributed by atoms with van der Waals surface area (Å²) in [5.74, 6) is -0.108. The van der Waals surface area contributed by atoms with E-state index in [2.05, 4.69) is 6.92 Å². The van der Waals surface area contributed by atoms with E-state index < -0.39 is 0 Å². The number of rotatable bonds is 4. The van der Waals surface area contributed by atoms with Gasteiger partial charge in [0, 0.05) is 20.1 Å². The first-order chi connectivity index (χ1) is 9.45. The summed E-state index contributed by atoms with van der Waals surface area (Å²) in [7, 11) is 1.66. The maximum Gasteiger partial charge on any atom is 0.264 e. The first-order valence-electron chi connectivity index (χ1n) is 6.72. The molecule has 2 N–H and O–H groups in total. The third-order valence-electron chi connectivity index (χ3n) is 3.85. The smallest absolute Gasteiger partial charge is 0.264 e. The Morgan fingerprint density at radius 2 is 2.24 bits per heavy atom. The van der Waals surface area contributed by atoms with E-state index in [1.54, 1.807) is 13.1 Å². The molecule has 7 heteroatoms. The van der Waals surface area contributed by atoms with Crippen LogP contribution < -0.4 is 5.73 Å². The average Bonchev–Trinajstić information content (AvgIpc) is 3.07.